The molecule has 0 nitrogen and oxygen atoms in total. The molecule has 132 valence electrons. The minimum absolute atomic E-state index is 0.514. The van der Waals surface area contributed by atoms with Crippen molar-refractivity contribution in [3.8, 4) is 0 Å². The lowest BCUT2D eigenvalue weighted by Crippen LogP contribution is -2.29. The van der Waals surface area contributed by atoms with Crippen molar-refractivity contribution < 1.29 is 0 Å². The Morgan fingerprint density at radius 2 is 0.864 bits per heavy atom. The summed E-state index contributed by atoms with van der Waals surface area (Å²) in [6.07, 6.45) is 8.61. The lowest BCUT2D eigenvalue weighted by atomic mass is 9.68. The Bertz CT molecular complexity index is 309. The van der Waals surface area contributed by atoms with Crippen LogP contribution in [-0.4, -0.2) is 0 Å². The summed E-state index contributed by atoms with van der Waals surface area (Å²) in [5.41, 5.74) is 2.22. The Balaban J connectivity index is 0.000000220. The predicted molar refractivity (Wildman–Crippen MR) is 101 cm³/mol. The topological polar surface area (TPSA) is 0 Å². The van der Waals surface area contributed by atoms with Crippen LogP contribution in [0.5, 0.6) is 0 Å². The molecule has 0 saturated heterocycles. The first-order valence-corrected chi connectivity index (χ1v) is 9.68. The van der Waals surface area contributed by atoms with Gasteiger partial charge in [0.25, 0.3) is 0 Å². The molecule has 2 fully saturated rings. The van der Waals surface area contributed by atoms with Crippen molar-refractivity contribution in [2.75, 3.05) is 0 Å². The molecular weight excluding hydrogens is 264 g/mol. The van der Waals surface area contributed by atoms with Crippen LogP contribution < -0.4 is 0 Å². The third-order valence-electron chi connectivity index (χ3n) is 6.61. The van der Waals surface area contributed by atoms with Gasteiger partial charge in [-0.05, 0) is 59.2 Å². The van der Waals surface area contributed by atoms with Gasteiger partial charge < -0.3 is 0 Å². The fraction of sp³-hybridized carbons (Fsp3) is 1.00. The lowest BCUT2D eigenvalue weighted by Gasteiger charge is -2.37. The molecule has 0 unspecified atom stereocenters. The zero-order valence-electron chi connectivity index (χ0n) is 17.4. The van der Waals surface area contributed by atoms with Gasteiger partial charge in [0, 0.05) is 0 Å². The molecule has 2 aliphatic rings. The molecule has 2 saturated carbocycles. The van der Waals surface area contributed by atoms with Gasteiger partial charge in [0.1, 0.15) is 0 Å². The van der Waals surface area contributed by atoms with Gasteiger partial charge in [-0.15, -0.1) is 0 Å². The molecule has 0 aromatic rings. The van der Waals surface area contributed by atoms with Gasteiger partial charge >= 0.3 is 0 Å². The first-order chi connectivity index (χ1) is 9.68. The third kappa shape index (κ3) is 5.00. The second-order valence-electron chi connectivity index (χ2n) is 11.6. The first-order valence-electron chi connectivity index (χ1n) is 9.68. The maximum atomic E-state index is 2.43. The highest BCUT2D eigenvalue weighted by molar-refractivity contribution is 4.92. The number of rotatable bonds is 0. The van der Waals surface area contributed by atoms with Gasteiger partial charge in [-0.25, -0.2) is 0 Å². The van der Waals surface area contributed by atoms with Gasteiger partial charge in [0.2, 0.25) is 0 Å². The molecule has 0 aromatic heterocycles. The van der Waals surface area contributed by atoms with E-state index >= 15 is 0 Å². The smallest absolute Gasteiger partial charge is 0.0314 e. The zero-order chi connectivity index (χ0) is 17.4. The predicted octanol–water partition coefficient (Wildman–Crippen LogP) is 7.72. The summed E-state index contributed by atoms with van der Waals surface area (Å²) in [6.45, 7) is 24.0. The van der Waals surface area contributed by atoms with E-state index in [9.17, 15) is 0 Å². The molecule has 0 aliphatic heterocycles. The highest BCUT2D eigenvalue weighted by Gasteiger charge is 2.41. The molecule has 0 spiro atoms. The van der Waals surface area contributed by atoms with E-state index in [0.29, 0.717) is 21.7 Å². The highest BCUT2D eigenvalue weighted by Crippen LogP contribution is 2.51. The van der Waals surface area contributed by atoms with Crippen LogP contribution >= 0.6 is 0 Å². The van der Waals surface area contributed by atoms with E-state index in [1.807, 2.05) is 0 Å². The molecule has 2 aliphatic carbocycles. The summed E-state index contributed by atoms with van der Waals surface area (Å²) in [5.74, 6) is 1.85. The van der Waals surface area contributed by atoms with Crippen LogP contribution in [0.2, 0.25) is 0 Å². The lowest BCUT2D eigenvalue weighted by molar-refractivity contribution is 0.120. The molecule has 2 rings (SSSR count). The maximum Gasteiger partial charge on any atom is -0.0314 e. The number of hydrogen-bond donors (Lipinski definition) is 0. The monoisotopic (exact) mass is 308 g/mol. The van der Waals surface area contributed by atoms with Gasteiger partial charge in [-0.1, -0.05) is 82.1 Å². The largest absolute Gasteiger partial charge is 0.0599 e. The van der Waals surface area contributed by atoms with Crippen LogP contribution in [-0.2, 0) is 0 Å². The van der Waals surface area contributed by atoms with Crippen LogP contribution in [0.25, 0.3) is 0 Å². The molecular formula is C22H44. The average molecular weight is 309 g/mol. The fourth-order valence-corrected chi connectivity index (χ4v) is 5.86. The standard InChI is InChI=1S/2C11H22/c2*1-10(2,3)9-7-6-8-11(9,4)5/h2*9H,6-8H2,1-5H3/t2*9-/m10/s1. The Hall–Kier alpha value is 0. The van der Waals surface area contributed by atoms with Crippen molar-refractivity contribution >= 4 is 0 Å². The zero-order valence-corrected chi connectivity index (χ0v) is 17.4. The summed E-state index contributed by atoms with van der Waals surface area (Å²) in [7, 11) is 0. The van der Waals surface area contributed by atoms with E-state index in [0.717, 1.165) is 11.8 Å². The van der Waals surface area contributed by atoms with E-state index in [4.69, 9.17) is 0 Å². The van der Waals surface area contributed by atoms with E-state index in [1.165, 1.54) is 38.5 Å². The SMILES string of the molecule is CC(C)(C)[C@@H]1CCCC1(C)C.CC(C)(C)[C@H]1CCCC1(C)C. The third-order valence-corrected chi connectivity index (χ3v) is 6.61. The summed E-state index contributed by atoms with van der Waals surface area (Å²) < 4.78 is 0. The van der Waals surface area contributed by atoms with Crippen LogP contribution in [0.4, 0.5) is 0 Å². The Labute approximate surface area is 141 Å². The van der Waals surface area contributed by atoms with Gasteiger partial charge in [0.15, 0.2) is 0 Å². The van der Waals surface area contributed by atoms with Crippen molar-refractivity contribution in [3.63, 3.8) is 0 Å². The normalized spacial score (nSPS) is 30.8. The molecule has 0 radical (unpaired) electrons. The Morgan fingerprint density at radius 1 is 0.591 bits per heavy atom. The van der Waals surface area contributed by atoms with Gasteiger partial charge in [0.05, 0.1) is 0 Å². The van der Waals surface area contributed by atoms with Crippen LogP contribution in [0.15, 0.2) is 0 Å². The minimum Gasteiger partial charge on any atom is -0.0599 e. The molecule has 0 amide bonds. The minimum atomic E-state index is 0.514. The van der Waals surface area contributed by atoms with Crippen LogP contribution in [0.3, 0.4) is 0 Å². The molecule has 0 heterocycles. The summed E-state index contributed by atoms with van der Waals surface area (Å²) in [4.78, 5) is 0. The van der Waals surface area contributed by atoms with E-state index in [-0.39, 0.29) is 0 Å². The molecule has 0 N–H and O–H groups in total. The van der Waals surface area contributed by atoms with Gasteiger partial charge in [-0.2, -0.15) is 0 Å². The molecule has 2 atom stereocenters. The number of hydrogen-bond acceptors (Lipinski definition) is 0. The molecule has 22 heavy (non-hydrogen) atoms. The average Bonchev–Trinajstić information content (AvgIpc) is 2.79. The van der Waals surface area contributed by atoms with Crippen molar-refractivity contribution in [2.45, 2.75) is 108 Å². The van der Waals surface area contributed by atoms with Crippen molar-refractivity contribution in [1.82, 2.24) is 0 Å². The Kier molecular flexibility index (Phi) is 5.91. The summed E-state index contributed by atoms with van der Waals surface area (Å²) >= 11 is 0. The van der Waals surface area contributed by atoms with Gasteiger partial charge in [-0.3, -0.25) is 0 Å². The molecule has 0 bridgehead atoms. The van der Waals surface area contributed by atoms with E-state index in [1.54, 1.807) is 0 Å². The second-order valence-corrected chi connectivity index (χ2v) is 11.6. The van der Waals surface area contributed by atoms with Crippen molar-refractivity contribution in [3.05, 3.63) is 0 Å². The molecule has 0 aromatic carbocycles. The highest BCUT2D eigenvalue weighted by atomic mass is 14.5. The summed E-state index contributed by atoms with van der Waals surface area (Å²) in [5, 5.41) is 0. The summed E-state index contributed by atoms with van der Waals surface area (Å²) in [6, 6.07) is 0. The van der Waals surface area contributed by atoms with E-state index in [2.05, 4.69) is 69.2 Å². The Morgan fingerprint density at radius 3 is 0.955 bits per heavy atom. The van der Waals surface area contributed by atoms with Crippen LogP contribution in [0, 0.1) is 33.5 Å². The quantitative estimate of drug-likeness (QED) is 0.429. The van der Waals surface area contributed by atoms with Crippen molar-refractivity contribution in [2.24, 2.45) is 33.5 Å². The first kappa shape index (κ1) is 20.0. The molecule has 0 heteroatoms. The van der Waals surface area contributed by atoms with Crippen LogP contribution in [0.1, 0.15) is 108 Å². The fourth-order valence-electron chi connectivity index (χ4n) is 5.86. The van der Waals surface area contributed by atoms with Crippen molar-refractivity contribution in [1.29, 1.82) is 0 Å². The maximum absolute atomic E-state index is 2.43. The second kappa shape index (κ2) is 6.48. The van der Waals surface area contributed by atoms with E-state index < -0.39 is 0 Å².